The molecule has 242 valence electrons. The first-order chi connectivity index (χ1) is 25.2. The molecule has 0 fully saturated rings. The molecule has 0 nitrogen and oxygen atoms in total. The van der Waals surface area contributed by atoms with Gasteiger partial charge in [-0.3, -0.25) is 0 Å². The molecule has 0 unspecified atom stereocenters. The Bertz CT molecular complexity index is 2990. The summed E-state index contributed by atoms with van der Waals surface area (Å²) in [7, 11) is 0. The topological polar surface area (TPSA) is 0 Å². The van der Waals surface area contributed by atoms with Crippen molar-refractivity contribution in [2.24, 2.45) is 0 Å². The molecule has 0 bridgehead atoms. The highest BCUT2D eigenvalue weighted by atomic mass is 32.1. The van der Waals surface area contributed by atoms with Gasteiger partial charge in [-0.2, -0.15) is 0 Å². The predicted octanol–water partition coefficient (Wildman–Crippen LogP) is 14.8. The quantitative estimate of drug-likeness (QED) is 0.160. The smallest absolute Gasteiger partial charge is 0.0433 e. The average Bonchev–Trinajstić information content (AvgIpc) is 3.58. The van der Waals surface area contributed by atoms with E-state index in [9.17, 15) is 0 Å². The SMILES string of the molecule is CCc1ccc2cc(-c3c4ccccc4c(-c4ccc5cc(CC)ccc5c4)c4cc(-c5cccc6c5sc5ccccc56)ccc34)ccc2c1. The van der Waals surface area contributed by atoms with Crippen LogP contribution < -0.4 is 0 Å². The molecule has 0 atom stereocenters. The van der Waals surface area contributed by atoms with Crippen LogP contribution >= 0.6 is 11.3 Å². The van der Waals surface area contributed by atoms with E-state index in [2.05, 4.69) is 172 Å². The lowest BCUT2D eigenvalue weighted by atomic mass is 9.84. The number of benzene rings is 9. The van der Waals surface area contributed by atoms with Gasteiger partial charge in [0.15, 0.2) is 0 Å². The van der Waals surface area contributed by atoms with E-state index < -0.39 is 0 Å². The summed E-state index contributed by atoms with van der Waals surface area (Å²) in [6, 6.07) is 59.7. The fourth-order valence-electron chi connectivity index (χ4n) is 8.28. The molecule has 0 saturated carbocycles. The lowest BCUT2D eigenvalue weighted by Gasteiger charge is -2.19. The molecule has 1 aromatic heterocycles. The number of fused-ring (bicyclic) bond motifs is 7. The van der Waals surface area contributed by atoms with E-state index in [0.717, 1.165) is 12.8 Å². The molecule has 1 heteroatoms. The Morgan fingerprint density at radius 2 is 0.882 bits per heavy atom. The fourth-order valence-corrected chi connectivity index (χ4v) is 9.52. The summed E-state index contributed by atoms with van der Waals surface area (Å²) >= 11 is 1.90. The van der Waals surface area contributed by atoms with Gasteiger partial charge < -0.3 is 0 Å². The standard InChI is InChI=1S/C50H36S/c1-3-31-16-18-35-28-38(22-20-33(35)26-31)48-42-11-5-6-12-43(42)49(39-23-21-34-27-32(4-2)17-19-36(34)29-39)46-30-37(24-25-44(46)48)40-13-9-14-45-41-10-7-8-15-47(41)51-50(40)45/h5-30H,3-4H2,1-2H3. The third kappa shape index (κ3) is 4.88. The Balaban J connectivity index is 1.29. The lowest BCUT2D eigenvalue weighted by molar-refractivity contribution is 1.15. The van der Waals surface area contributed by atoms with E-state index in [-0.39, 0.29) is 0 Å². The van der Waals surface area contributed by atoms with Gasteiger partial charge in [0.05, 0.1) is 0 Å². The van der Waals surface area contributed by atoms with Crippen LogP contribution in [0.2, 0.25) is 0 Å². The third-order valence-corrected chi connectivity index (χ3v) is 12.2. The summed E-state index contributed by atoms with van der Waals surface area (Å²) in [6.45, 7) is 4.45. The Morgan fingerprint density at radius 1 is 0.373 bits per heavy atom. The van der Waals surface area contributed by atoms with E-state index in [1.807, 2.05) is 11.3 Å². The van der Waals surface area contributed by atoms with Gasteiger partial charge in [-0.1, -0.05) is 147 Å². The number of aryl methyl sites for hydroxylation is 2. The van der Waals surface area contributed by atoms with Crippen LogP contribution in [0, 0.1) is 0 Å². The van der Waals surface area contributed by atoms with Gasteiger partial charge in [-0.25, -0.2) is 0 Å². The molecule has 0 N–H and O–H groups in total. The van der Waals surface area contributed by atoms with Crippen molar-refractivity contribution < 1.29 is 0 Å². The molecule has 10 aromatic rings. The van der Waals surface area contributed by atoms with E-state index in [1.165, 1.54) is 108 Å². The molecule has 1 heterocycles. The van der Waals surface area contributed by atoms with Crippen molar-refractivity contribution in [3.05, 3.63) is 169 Å². The zero-order valence-corrected chi connectivity index (χ0v) is 29.7. The number of rotatable bonds is 5. The predicted molar refractivity (Wildman–Crippen MR) is 224 cm³/mol. The van der Waals surface area contributed by atoms with Crippen LogP contribution in [-0.2, 0) is 12.8 Å². The molecule has 51 heavy (non-hydrogen) atoms. The van der Waals surface area contributed by atoms with E-state index in [4.69, 9.17) is 0 Å². The second-order valence-corrected chi connectivity index (χ2v) is 14.9. The van der Waals surface area contributed by atoms with Crippen LogP contribution in [0.5, 0.6) is 0 Å². The molecular formula is C50H36S. The van der Waals surface area contributed by atoms with E-state index >= 15 is 0 Å². The largest absolute Gasteiger partial charge is 0.135 e. The van der Waals surface area contributed by atoms with Crippen LogP contribution in [0.25, 0.3) is 96.6 Å². The maximum absolute atomic E-state index is 2.47. The minimum atomic E-state index is 1.04. The maximum atomic E-state index is 2.47. The first kappa shape index (κ1) is 30.1. The van der Waals surface area contributed by atoms with Crippen molar-refractivity contribution in [1.82, 2.24) is 0 Å². The van der Waals surface area contributed by atoms with Crippen molar-refractivity contribution in [1.29, 1.82) is 0 Å². The molecule has 0 amide bonds. The zero-order chi connectivity index (χ0) is 34.1. The van der Waals surface area contributed by atoms with Gasteiger partial charge in [-0.15, -0.1) is 11.3 Å². The van der Waals surface area contributed by atoms with Crippen molar-refractivity contribution >= 4 is 74.6 Å². The van der Waals surface area contributed by atoms with Gasteiger partial charge >= 0.3 is 0 Å². The molecule has 10 rings (SSSR count). The molecular weight excluding hydrogens is 633 g/mol. The van der Waals surface area contributed by atoms with Crippen LogP contribution in [0.4, 0.5) is 0 Å². The summed E-state index contributed by atoms with van der Waals surface area (Å²) in [5.41, 5.74) is 10.4. The van der Waals surface area contributed by atoms with Gasteiger partial charge in [0.25, 0.3) is 0 Å². The normalized spacial score (nSPS) is 11.9. The number of hydrogen-bond donors (Lipinski definition) is 0. The summed E-state index contributed by atoms with van der Waals surface area (Å²) in [5, 5.41) is 12.9. The highest BCUT2D eigenvalue weighted by molar-refractivity contribution is 7.26. The van der Waals surface area contributed by atoms with Gasteiger partial charge in [0.2, 0.25) is 0 Å². The van der Waals surface area contributed by atoms with Crippen molar-refractivity contribution in [2.45, 2.75) is 26.7 Å². The number of hydrogen-bond acceptors (Lipinski definition) is 1. The minimum Gasteiger partial charge on any atom is -0.135 e. The van der Waals surface area contributed by atoms with Gasteiger partial charge in [-0.05, 0) is 125 Å². The minimum absolute atomic E-state index is 1.04. The zero-order valence-electron chi connectivity index (χ0n) is 28.8. The molecule has 0 saturated heterocycles. The number of thiophene rings is 1. The van der Waals surface area contributed by atoms with Crippen molar-refractivity contribution in [2.75, 3.05) is 0 Å². The van der Waals surface area contributed by atoms with Crippen LogP contribution in [0.1, 0.15) is 25.0 Å². The lowest BCUT2D eigenvalue weighted by Crippen LogP contribution is -1.92. The average molecular weight is 669 g/mol. The molecule has 0 radical (unpaired) electrons. The molecule has 0 aliphatic carbocycles. The molecule has 0 aliphatic rings. The van der Waals surface area contributed by atoms with Gasteiger partial charge in [0.1, 0.15) is 0 Å². The van der Waals surface area contributed by atoms with Crippen molar-refractivity contribution in [3.63, 3.8) is 0 Å². The highest BCUT2D eigenvalue weighted by Crippen LogP contribution is 2.47. The molecule has 0 aliphatic heterocycles. The Morgan fingerprint density at radius 3 is 1.53 bits per heavy atom. The highest BCUT2D eigenvalue weighted by Gasteiger charge is 2.19. The second-order valence-electron chi connectivity index (χ2n) is 13.8. The summed E-state index contributed by atoms with van der Waals surface area (Å²) in [5.74, 6) is 0. The third-order valence-electron chi connectivity index (χ3n) is 10.9. The first-order valence-corrected chi connectivity index (χ1v) is 18.9. The first-order valence-electron chi connectivity index (χ1n) is 18.1. The Hall–Kier alpha value is -5.76. The van der Waals surface area contributed by atoms with Crippen molar-refractivity contribution in [3.8, 4) is 33.4 Å². The van der Waals surface area contributed by atoms with Crippen LogP contribution in [0.3, 0.4) is 0 Å². The van der Waals surface area contributed by atoms with Crippen LogP contribution in [-0.4, -0.2) is 0 Å². The van der Waals surface area contributed by atoms with E-state index in [0.29, 0.717) is 0 Å². The Labute approximate surface area is 302 Å². The van der Waals surface area contributed by atoms with Crippen LogP contribution in [0.15, 0.2) is 158 Å². The summed E-state index contributed by atoms with van der Waals surface area (Å²) < 4.78 is 2.68. The molecule has 9 aromatic carbocycles. The Kier molecular flexibility index (Phi) is 7.04. The van der Waals surface area contributed by atoms with E-state index in [1.54, 1.807) is 0 Å². The summed E-state index contributed by atoms with van der Waals surface area (Å²) in [6.07, 6.45) is 2.08. The monoisotopic (exact) mass is 668 g/mol. The fraction of sp³-hybridized carbons (Fsp3) is 0.0800. The molecule has 0 spiro atoms. The summed E-state index contributed by atoms with van der Waals surface area (Å²) in [4.78, 5) is 0. The maximum Gasteiger partial charge on any atom is 0.0433 e. The second kappa shape index (κ2) is 11.9. The van der Waals surface area contributed by atoms with Gasteiger partial charge in [0, 0.05) is 20.2 Å².